The van der Waals surface area contributed by atoms with E-state index in [2.05, 4.69) is 25.5 Å². The third kappa shape index (κ3) is 4.32. The zero-order valence-electron chi connectivity index (χ0n) is 15.3. The minimum atomic E-state index is -0.202. The van der Waals surface area contributed by atoms with E-state index < -0.39 is 0 Å². The lowest BCUT2D eigenvalue weighted by atomic mass is 9.95. The number of aromatic nitrogens is 6. The van der Waals surface area contributed by atoms with Gasteiger partial charge >= 0.3 is 0 Å². The number of fused-ring (bicyclic) bond motifs is 1. The third-order valence-electron chi connectivity index (χ3n) is 5.09. The molecular weight excluding hydrogens is 344 g/mol. The molecule has 0 unspecified atom stereocenters. The van der Waals surface area contributed by atoms with E-state index in [1.54, 1.807) is 0 Å². The van der Waals surface area contributed by atoms with Crippen molar-refractivity contribution < 1.29 is 4.74 Å². The normalized spacial score (nSPS) is 15.3. The maximum Gasteiger partial charge on any atom is 0.266 e. The van der Waals surface area contributed by atoms with Gasteiger partial charge in [0.05, 0.1) is 29.9 Å². The largest absolute Gasteiger partial charge is 0.494 e. The Bertz CT molecular complexity index is 945. The van der Waals surface area contributed by atoms with Crippen LogP contribution in [0, 0.1) is 0 Å². The Morgan fingerprint density at radius 2 is 2.07 bits per heavy atom. The summed E-state index contributed by atoms with van der Waals surface area (Å²) in [6, 6.07) is 5.98. The van der Waals surface area contributed by atoms with E-state index in [4.69, 9.17) is 4.74 Å². The molecule has 8 heteroatoms. The monoisotopic (exact) mass is 368 g/mol. The highest BCUT2D eigenvalue weighted by Gasteiger charge is 2.19. The van der Waals surface area contributed by atoms with Crippen LogP contribution in [0.3, 0.4) is 0 Å². The van der Waals surface area contributed by atoms with E-state index in [9.17, 15) is 4.79 Å². The van der Waals surface area contributed by atoms with E-state index in [0.717, 1.165) is 36.4 Å². The average Bonchev–Trinajstić information content (AvgIpc) is 3.17. The zero-order valence-corrected chi connectivity index (χ0v) is 15.3. The second-order valence-electron chi connectivity index (χ2n) is 7.06. The van der Waals surface area contributed by atoms with Crippen LogP contribution in [0.15, 0.2) is 29.2 Å². The number of aromatic amines is 1. The first-order chi connectivity index (χ1) is 13.3. The van der Waals surface area contributed by atoms with Crippen molar-refractivity contribution in [2.24, 2.45) is 0 Å². The fraction of sp³-hybridized carbons (Fsp3) is 0.526. The summed E-state index contributed by atoms with van der Waals surface area (Å²) in [5, 5.41) is 12.3. The molecule has 2 aromatic heterocycles. The maximum atomic E-state index is 11.3. The van der Waals surface area contributed by atoms with Crippen molar-refractivity contribution in [1.29, 1.82) is 0 Å². The lowest BCUT2D eigenvalue weighted by Gasteiger charge is -2.22. The Hall–Kier alpha value is -2.77. The standard InChI is InChI=1S/C19H24N6O2/c26-19-13-20-17-12-15(9-10-16(17)21-19)27-11-5-4-8-18-22-23-24-25(18)14-6-2-1-3-7-14/h9-10,12-14H,1-8,11H2,(H,21,26). The summed E-state index contributed by atoms with van der Waals surface area (Å²) >= 11 is 0. The number of ether oxygens (including phenoxy) is 1. The van der Waals surface area contributed by atoms with E-state index >= 15 is 0 Å². The van der Waals surface area contributed by atoms with Gasteiger partial charge in [-0.05, 0) is 48.2 Å². The molecule has 4 rings (SSSR count). The number of rotatable bonds is 7. The van der Waals surface area contributed by atoms with Gasteiger partial charge in [0, 0.05) is 12.5 Å². The quantitative estimate of drug-likeness (QED) is 0.644. The summed E-state index contributed by atoms with van der Waals surface area (Å²) in [4.78, 5) is 18.1. The molecule has 2 heterocycles. The molecule has 3 aromatic rings. The minimum absolute atomic E-state index is 0.202. The van der Waals surface area contributed by atoms with Crippen LogP contribution < -0.4 is 10.3 Å². The van der Waals surface area contributed by atoms with Crippen molar-refractivity contribution >= 4 is 11.0 Å². The first-order valence-corrected chi connectivity index (χ1v) is 9.68. The van der Waals surface area contributed by atoms with Gasteiger partial charge in [0.1, 0.15) is 5.75 Å². The summed E-state index contributed by atoms with van der Waals surface area (Å²) in [5.41, 5.74) is 1.23. The summed E-state index contributed by atoms with van der Waals surface area (Å²) in [6.07, 6.45) is 10.3. The minimum Gasteiger partial charge on any atom is -0.494 e. The summed E-state index contributed by atoms with van der Waals surface area (Å²) in [7, 11) is 0. The smallest absolute Gasteiger partial charge is 0.266 e. The van der Waals surface area contributed by atoms with Crippen LogP contribution in [0.4, 0.5) is 0 Å². The molecule has 0 amide bonds. The maximum absolute atomic E-state index is 11.3. The van der Waals surface area contributed by atoms with Gasteiger partial charge in [0.15, 0.2) is 5.82 Å². The Kier molecular flexibility index (Phi) is 5.41. The fourth-order valence-electron chi connectivity index (χ4n) is 3.67. The predicted molar refractivity (Wildman–Crippen MR) is 101 cm³/mol. The van der Waals surface area contributed by atoms with Crippen LogP contribution in [0.25, 0.3) is 11.0 Å². The Morgan fingerprint density at radius 3 is 2.96 bits per heavy atom. The van der Waals surface area contributed by atoms with E-state index in [1.807, 2.05) is 22.9 Å². The Morgan fingerprint density at radius 1 is 1.19 bits per heavy atom. The van der Waals surface area contributed by atoms with Crippen molar-refractivity contribution in [3.8, 4) is 5.75 Å². The van der Waals surface area contributed by atoms with Crippen LogP contribution >= 0.6 is 0 Å². The van der Waals surface area contributed by atoms with E-state index in [-0.39, 0.29) is 5.56 Å². The van der Waals surface area contributed by atoms with Crippen molar-refractivity contribution in [3.05, 3.63) is 40.6 Å². The molecule has 0 aliphatic heterocycles. The number of hydrogen-bond donors (Lipinski definition) is 1. The Labute approximate surface area is 157 Å². The molecule has 142 valence electrons. The molecule has 8 nitrogen and oxygen atoms in total. The van der Waals surface area contributed by atoms with Crippen LogP contribution in [-0.2, 0) is 6.42 Å². The number of hydrogen-bond acceptors (Lipinski definition) is 6. The zero-order chi connectivity index (χ0) is 18.5. The molecule has 27 heavy (non-hydrogen) atoms. The first-order valence-electron chi connectivity index (χ1n) is 9.68. The van der Waals surface area contributed by atoms with Gasteiger partial charge in [-0.3, -0.25) is 4.79 Å². The van der Waals surface area contributed by atoms with Crippen molar-refractivity contribution in [1.82, 2.24) is 30.2 Å². The highest BCUT2D eigenvalue weighted by atomic mass is 16.5. The highest BCUT2D eigenvalue weighted by molar-refractivity contribution is 5.75. The number of H-pyrrole nitrogens is 1. The molecule has 0 spiro atoms. The topological polar surface area (TPSA) is 98.6 Å². The molecule has 1 aromatic carbocycles. The van der Waals surface area contributed by atoms with Crippen molar-refractivity contribution in [2.45, 2.75) is 57.4 Å². The first kappa shape index (κ1) is 17.6. The molecule has 1 aliphatic rings. The molecule has 1 N–H and O–H groups in total. The average molecular weight is 368 g/mol. The summed E-state index contributed by atoms with van der Waals surface area (Å²) in [6.45, 7) is 0.625. The van der Waals surface area contributed by atoms with E-state index in [1.165, 1.54) is 38.3 Å². The van der Waals surface area contributed by atoms with Gasteiger partial charge < -0.3 is 9.72 Å². The number of tetrazole rings is 1. The SMILES string of the molecule is O=c1cnc2cc(OCCCCc3nnnn3C3CCCCC3)ccc2[nH]1. The molecule has 1 aliphatic carbocycles. The molecule has 0 bridgehead atoms. The summed E-state index contributed by atoms with van der Waals surface area (Å²) < 4.78 is 7.86. The highest BCUT2D eigenvalue weighted by Crippen LogP contribution is 2.28. The molecule has 0 radical (unpaired) electrons. The molecule has 0 atom stereocenters. The van der Waals surface area contributed by atoms with Crippen molar-refractivity contribution in [3.63, 3.8) is 0 Å². The second-order valence-corrected chi connectivity index (χ2v) is 7.06. The van der Waals surface area contributed by atoms with Crippen molar-refractivity contribution in [2.75, 3.05) is 6.61 Å². The van der Waals surface area contributed by atoms with Gasteiger partial charge in [-0.1, -0.05) is 19.3 Å². The summed E-state index contributed by atoms with van der Waals surface area (Å²) in [5.74, 6) is 1.75. The molecule has 1 saturated carbocycles. The predicted octanol–water partition coefficient (Wildman–Crippen LogP) is 2.82. The van der Waals surface area contributed by atoms with Gasteiger partial charge in [-0.25, -0.2) is 9.67 Å². The van der Waals surface area contributed by atoms with Crippen LogP contribution in [-0.4, -0.2) is 36.8 Å². The number of unbranched alkanes of at least 4 members (excludes halogenated alkanes) is 1. The van der Waals surface area contributed by atoms with Crippen LogP contribution in [0.2, 0.25) is 0 Å². The van der Waals surface area contributed by atoms with Crippen LogP contribution in [0.1, 0.15) is 56.8 Å². The molecule has 1 fully saturated rings. The molecular formula is C19H24N6O2. The van der Waals surface area contributed by atoms with Gasteiger partial charge in [-0.15, -0.1) is 5.10 Å². The third-order valence-corrected chi connectivity index (χ3v) is 5.09. The Balaban J connectivity index is 1.26. The van der Waals surface area contributed by atoms with Crippen LogP contribution in [0.5, 0.6) is 5.75 Å². The van der Waals surface area contributed by atoms with Gasteiger partial charge in [0.2, 0.25) is 0 Å². The number of nitrogens with zero attached hydrogens (tertiary/aromatic N) is 5. The van der Waals surface area contributed by atoms with Gasteiger partial charge in [-0.2, -0.15) is 0 Å². The number of nitrogens with one attached hydrogen (secondary N) is 1. The number of aryl methyl sites for hydroxylation is 1. The number of benzene rings is 1. The second kappa shape index (κ2) is 8.28. The van der Waals surface area contributed by atoms with Gasteiger partial charge in [0.25, 0.3) is 5.56 Å². The van der Waals surface area contributed by atoms with E-state index in [0.29, 0.717) is 18.2 Å². The lowest BCUT2D eigenvalue weighted by molar-refractivity contribution is 0.301. The lowest BCUT2D eigenvalue weighted by Crippen LogP contribution is -2.17. The molecule has 0 saturated heterocycles. The fourth-order valence-corrected chi connectivity index (χ4v) is 3.67.